The van der Waals surface area contributed by atoms with E-state index in [1.807, 2.05) is 0 Å². The summed E-state index contributed by atoms with van der Waals surface area (Å²) in [5.74, 6) is 2.70. The first-order valence-corrected chi connectivity index (χ1v) is 13.3. The van der Waals surface area contributed by atoms with Crippen LogP contribution in [0.3, 0.4) is 0 Å². The van der Waals surface area contributed by atoms with Gasteiger partial charge in [-0.05, 0) is 105 Å². The second kappa shape index (κ2) is 6.80. The molecule has 0 aliphatic heterocycles. The molecule has 3 heteroatoms. The zero-order valence-corrected chi connectivity index (χ0v) is 21.1. The normalized spacial score (nSPS) is 54.1. The number of fused-ring (bicyclic) bond motifs is 7. The zero-order valence-electron chi connectivity index (χ0n) is 21.1. The van der Waals surface area contributed by atoms with Crippen molar-refractivity contribution in [2.75, 3.05) is 0 Å². The number of carbonyl (C=O) groups excluding carboxylic acids is 2. The first-order valence-electron chi connectivity index (χ1n) is 13.3. The largest absolute Gasteiger partial charge is 0.324 e. The molecule has 0 aromatic heterocycles. The molecule has 178 valence electrons. The maximum atomic E-state index is 12.9. The van der Waals surface area contributed by atoms with Crippen LogP contribution in [0.25, 0.3) is 0 Å². The van der Waals surface area contributed by atoms with Crippen LogP contribution in [0.15, 0.2) is 12.2 Å². The van der Waals surface area contributed by atoms with Crippen LogP contribution >= 0.6 is 0 Å². The highest BCUT2D eigenvalue weighted by Gasteiger charge is 2.71. The third-order valence-electron chi connectivity index (χ3n) is 12.6. The number of aldehydes is 1. The molecule has 0 amide bonds. The van der Waals surface area contributed by atoms with Crippen LogP contribution in [0.1, 0.15) is 98.8 Å². The molecule has 5 rings (SSSR count). The summed E-state index contributed by atoms with van der Waals surface area (Å²) in [5.41, 5.74) is 8.54. The van der Waals surface area contributed by atoms with Gasteiger partial charge < -0.3 is 10.5 Å². The molecule has 0 radical (unpaired) electrons. The van der Waals surface area contributed by atoms with Gasteiger partial charge in [-0.25, -0.2) is 0 Å². The Labute approximate surface area is 195 Å². The van der Waals surface area contributed by atoms with Gasteiger partial charge in [0.1, 0.15) is 12.1 Å². The van der Waals surface area contributed by atoms with Crippen LogP contribution in [0.5, 0.6) is 0 Å². The molecular weight excluding hydrogens is 394 g/mol. The fourth-order valence-corrected chi connectivity index (χ4v) is 10.9. The van der Waals surface area contributed by atoms with E-state index in [1.165, 1.54) is 18.3 Å². The predicted molar refractivity (Wildman–Crippen MR) is 129 cm³/mol. The van der Waals surface area contributed by atoms with E-state index in [4.69, 9.17) is 5.73 Å². The lowest BCUT2D eigenvalue weighted by atomic mass is 9.34. The van der Waals surface area contributed by atoms with Gasteiger partial charge in [-0.15, -0.1) is 0 Å². The number of hydrogen-bond acceptors (Lipinski definition) is 3. The lowest BCUT2D eigenvalue weighted by Gasteiger charge is -2.71. The first kappa shape index (κ1) is 22.8. The summed E-state index contributed by atoms with van der Waals surface area (Å²) in [6.45, 7) is 15.9. The van der Waals surface area contributed by atoms with Gasteiger partial charge in [0.25, 0.3) is 0 Å². The van der Waals surface area contributed by atoms with Crippen molar-refractivity contribution in [3.05, 3.63) is 12.2 Å². The van der Waals surface area contributed by atoms with Crippen molar-refractivity contribution in [3.63, 3.8) is 0 Å². The van der Waals surface area contributed by atoms with E-state index in [9.17, 15) is 9.59 Å². The lowest BCUT2D eigenvalue weighted by Crippen LogP contribution is -2.73. The van der Waals surface area contributed by atoms with Crippen LogP contribution in [0.2, 0.25) is 0 Å². The molecule has 9 atom stereocenters. The second-order valence-corrected chi connectivity index (χ2v) is 13.8. The maximum Gasteiger partial charge on any atom is 0.138 e. The van der Waals surface area contributed by atoms with Crippen LogP contribution in [-0.2, 0) is 9.59 Å². The highest BCUT2D eigenvalue weighted by atomic mass is 16.1. The van der Waals surface area contributed by atoms with Crippen molar-refractivity contribution in [2.45, 2.75) is 104 Å². The van der Waals surface area contributed by atoms with Crippen molar-refractivity contribution in [1.29, 1.82) is 0 Å². The minimum Gasteiger partial charge on any atom is -0.324 e. The smallest absolute Gasteiger partial charge is 0.138 e. The van der Waals surface area contributed by atoms with Gasteiger partial charge in [-0.2, -0.15) is 0 Å². The first-order chi connectivity index (χ1) is 14.9. The van der Waals surface area contributed by atoms with Gasteiger partial charge in [0, 0.05) is 22.8 Å². The summed E-state index contributed by atoms with van der Waals surface area (Å²) < 4.78 is 0. The van der Waals surface area contributed by atoms with E-state index in [0.29, 0.717) is 35.4 Å². The Morgan fingerprint density at radius 1 is 0.969 bits per heavy atom. The van der Waals surface area contributed by atoms with Crippen LogP contribution in [0, 0.1) is 51.2 Å². The quantitative estimate of drug-likeness (QED) is 0.417. The Bertz CT molecular complexity index is 861. The average molecular weight is 440 g/mol. The van der Waals surface area contributed by atoms with Gasteiger partial charge in [-0.3, -0.25) is 4.79 Å². The molecule has 5 aliphatic carbocycles. The molecule has 5 saturated carbocycles. The summed E-state index contributed by atoms with van der Waals surface area (Å²) in [5, 5.41) is 0. The monoisotopic (exact) mass is 439 g/mol. The Morgan fingerprint density at radius 2 is 1.69 bits per heavy atom. The van der Waals surface area contributed by atoms with Gasteiger partial charge >= 0.3 is 0 Å². The molecule has 0 saturated heterocycles. The lowest BCUT2D eigenvalue weighted by molar-refractivity contribution is -0.204. The fourth-order valence-electron chi connectivity index (χ4n) is 10.9. The minimum atomic E-state index is -0.220. The van der Waals surface area contributed by atoms with Crippen molar-refractivity contribution < 1.29 is 9.59 Å². The van der Waals surface area contributed by atoms with Crippen molar-refractivity contribution in [2.24, 2.45) is 57.0 Å². The van der Waals surface area contributed by atoms with Crippen LogP contribution < -0.4 is 5.73 Å². The van der Waals surface area contributed by atoms with E-state index >= 15 is 0 Å². The zero-order chi connectivity index (χ0) is 23.3. The molecule has 2 N–H and O–H groups in total. The maximum absolute atomic E-state index is 12.9. The molecule has 32 heavy (non-hydrogen) atoms. The molecule has 0 spiro atoms. The van der Waals surface area contributed by atoms with Crippen molar-refractivity contribution in [3.8, 4) is 0 Å². The molecule has 0 aromatic rings. The van der Waals surface area contributed by atoms with E-state index in [0.717, 1.165) is 57.8 Å². The minimum absolute atomic E-state index is 0.0783. The summed E-state index contributed by atoms with van der Waals surface area (Å²) in [7, 11) is 0. The van der Waals surface area contributed by atoms with E-state index in [-0.39, 0.29) is 27.2 Å². The van der Waals surface area contributed by atoms with Crippen LogP contribution in [-0.4, -0.2) is 17.6 Å². The van der Waals surface area contributed by atoms with Gasteiger partial charge in [0.15, 0.2) is 0 Å². The second-order valence-electron chi connectivity index (χ2n) is 13.8. The number of allylic oxidation sites excluding steroid dienone is 1. The molecule has 0 bridgehead atoms. The molecule has 0 aromatic carbocycles. The predicted octanol–water partition coefficient (Wildman–Crippen LogP) is 6.10. The Hall–Kier alpha value is -0.960. The van der Waals surface area contributed by atoms with E-state index in [2.05, 4.69) is 41.2 Å². The molecule has 0 heterocycles. The molecule has 5 aliphatic rings. The molecular formula is C29H45NO2. The van der Waals surface area contributed by atoms with Crippen LogP contribution in [0.4, 0.5) is 0 Å². The summed E-state index contributed by atoms with van der Waals surface area (Å²) in [6.07, 6.45) is 11.7. The summed E-state index contributed by atoms with van der Waals surface area (Å²) >= 11 is 0. The fraction of sp³-hybridized carbons (Fsp3) is 0.862. The highest BCUT2D eigenvalue weighted by Crippen LogP contribution is 2.73. The van der Waals surface area contributed by atoms with Crippen molar-refractivity contribution in [1.82, 2.24) is 0 Å². The Morgan fingerprint density at radius 3 is 2.34 bits per heavy atom. The third-order valence-corrected chi connectivity index (χ3v) is 12.6. The highest BCUT2D eigenvalue weighted by molar-refractivity contribution is 5.85. The van der Waals surface area contributed by atoms with Gasteiger partial charge in [0.2, 0.25) is 0 Å². The number of carbonyl (C=O) groups is 2. The summed E-state index contributed by atoms with van der Waals surface area (Å²) in [6, 6.07) is 0. The van der Waals surface area contributed by atoms with Crippen molar-refractivity contribution >= 4 is 12.1 Å². The molecule has 5 fully saturated rings. The number of nitrogens with two attached hydrogens (primary N) is 1. The third kappa shape index (κ3) is 2.53. The van der Waals surface area contributed by atoms with Gasteiger partial charge in [0.05, 0.1) is 0 Å². The number of hydrogen-bond donors (Lipinski definition) is 1. The summed E-state index contributed by atoms with van der Waals surface area (Å²) in [4.78, 5) is 25.4. The number of rotatable bonds is 2. The van der Waals surface area contributed by atoms with E-state index in [1.54, 1.807) is 0 Å². The standard InChI is InChI=1S/C29H45NO2/c1-18(2)19-9-14-28(17-31)15-16-29(30)20(24(19)28)7-8-22-26(5)12-11-23(32)25(3,4)21(26)10-13-27(22,29)6/h17,19-22,24H,1,7-16,30H2,2-6H3/t19?,20-,21+,22-,24-,26+,27-,28?,29+/m1/s1. The number of Topliss-reactive ketones (excluding diaryl/α,β-unsaturated/α-hetero) is 1. The molecule has 3 nitrogen and oxygen atoms in total. The number of ketones is 1. The van der Waals surface area contributed by atoms with Gasteiger partial charge in [-0.1, -0.05) is 39.8 Å². The molecule has 2 unspecified atom stereocenters. The Balaban J connectivity index is 1.56. The SMILES string of the molecule is C=C(C)C1CCC2(C=O)CC[C@]3(N)[C@H](CC[C@@H]4[C@@]5(C)CCC(=O)C(C)(C)[C@@H]5CC[C@]43C)[C@@H]12. The average Bonchev–Trinajstić information content (AvgIpc) is 3.12. The Kier molecular flexibility index (Phi) is 4.85. The topological polar surface area (TPSA) is 60.2 Å². The van der Waals surface area contributed by atoms with E-state index < -0.39 is 0 Å².